The number of benzene rings is 1. The molecule has 0 amide bonds. The summed E-state index contributed by atoms with van der Waals surface area (Å²) in [6.45, 7) is 7.28. The molecule has 0 aliphatic rings. The third kappa shape index (κ3) is 4.39. The summed E-state index contributed by atoms with van der Waals surface area (Å²) in [4.78, 5) is 4.59. The molecule has 0 spiro atoms. The van der Waals surface area contributed by atoms with E-state index in [1.165, 1.54) is 5.69 Å². The zero-order valence-electron chi connectivity index (χ0n) is 13.5. The lowest BCUT2D eigenvalue weighted by molar-refractivity contribution is 0.399. The van der Waals surface area contributed by atoms with Crippen LogP contribution in [0.25, 0.3) is 0 Å². The van der Waals surface area contributed by atoms with Gasteiger partial charge in [0.2, 0.25) is 0 Å². The van der Waals surface area contributed by atoms with Crippen LogP contribution in [0.4, 0.5) is 5.69 Å². The maximum Gasteiger partial charge on any atom is 0.125 e. The molecule has 4 nitrogen and oxygen atoms in total. The highest BCUT2D eigenvalue weighted by atomic mass is 16.5. The van der Waals surface area contributed by atoms with Crippen molar-refractivity contribution in [2.24, 2.45) is 5.73 Å². The van der Waals surface area contributed by atoms with Crippen LogP contribution < -0.4 is 15.4 Å². The highest BCUT2D eigenvalue weighted by molar-refractivity contribution is 5.60. The lowest BCUT2D eigenvalue weighted by atomic mass is 10.0. The van der Waals surface area contributed by atoms with Gasteiger partial charge in [-0.15, -0.1) is 0 Å². The van der Waals surface area contributed by atoms with Gasteiger partial charge in [0.05, 0.1) is 7.11 Å². The fourth-order valence-corrected chi connectivity index (χ4v) is 2.47. The molecule has 2 N–H and O–H groups in total. The lowest BCUT2D eigenvalue weighted by Crippen LogP contribution is -2.28. The van der Waals surface area contributed by atoms with Crippen LogP contribution in [0, 0.1) is 0 Å². The van der Waals surface area contributed by atoms with Crippen LogP contribution in [0.2, 0.25) is 0 Å². The molecule has 0 bridgehead atoms. The van der Waals surface area contributed by atoms with E-state index in [0.717, 1.165) is 37.4 Å². The van der Waals surface area contributed by atoms with Crippen LogP contribution >= 0.6 is 0 Å². The minimum absolute atomic E-state index is 0.0379. The van der Waals surface area contributed by atoms with Crippen molar-refractivity contribution >= 4 is 5.69 Å². The highest BCUT2D eigenvalue weighted by Gasteiger charge is 2.17. The van der Waals surface area contributed by atoms with Crippen LogP contribution in [0.15, 0.2) is 18.2 Å². The minimum Gasteiger partial charge on any atom is -0.496 e. The van der Waals surface area contributed by atoms with Crippen LogP contribution in [-0.2, 0) is 0 Å². The Balaban J connectivity index is 2.96. The predicted molar refractivity (Wildman–Crippen MR) is 86.7 cm³/mol. The Kier molecular flexibility index (Phi) is 6.82. The van der Waals surface area contributed by atoms with Gasteiger partial charge in [-0.3, -0.25) is 0 Å². The Hall–Kier alpha value is -1.26. The molecule has 114 valence electrons. The molecule has 0 heterocycles. The summed E-state index contributed by atoms with van der Waals surface area (Å²) in [6.07, 6.45) is 1.14. The molecule has 1 aromatic rings. The first-order chi connectivity index (χ1) is 9.51. The first kappa shape index (κ1) is 16.8. The smallest absolute Gasteiger partial charge is 0.125 e. The number of methoxy groups -OCH3 is 1. The Morgan fingerprint density at radius 1 is 1.25 bits per heavy atom. The summed E-state index contributed by atoms with van der Waals surface area (Å²) >= 11 is 0. The standard InChI is InChI=1S/C16H29N3O/c1-6-19(12-8-11-18(3)4)14-9-7-10-15(20-5)16(14)13(2)17/h7,9-10,13H,6,8,11-12,17H2,1-5H3. The van der Waals surface area contributed by atoms with E-state index in [0.29, 0.717) is 0 Å². The molecule has 0 saturated carbocycles. The van der Waals surface area contributed by atoms with Crippen LogP contribution in [0.3, 0.4) is 0 Å². The van der Waals surface area contributed by atoms with Gasteiger partial charge in [-0.25, -0.2) is 0 Å². The number of hydrogen-bond acceptors (Lipinski definition) is 4. The number of hydrogen-bond donors (Lipinski definition) is 1. The fourth-order valence-electron chi connectivity index (χ4n) is 2.47. The van der Waals surface area contributed by atoms with E-state index < -0.39 is 0 Å². The van der Waals surface area contributed by atoms with Crippen molar-refractivity contribution in [3.8, 4) is 5.75 Å². The average molecular weight is 279 g/mol. The SMILES string of the molecule is CCN(CCCN(C)C)c1cccc(OC)c1C(C)N. The van der Waals surface area contributed by atoms with E-state index in [2.05, 4.69) is 36.9 Å². The molecule has 0 radical (unpaired) electrons. The zero-order valence-corrected chi connectivity index (χ0v) is 13.5. The Morgan fingerprint density at radius 2 is 1.95 bits per heavy atom. The second kappa shape index (κ2) is 8.12. The normalized spacial score (nSPS) is 12.6. The monoisotopic (exact) mass is 279 g/mol. The first-order valence-electron chi connectivity index (χ1n) is 7.33. The van der Waals surface area contributed by atoms with E-state index in [4.69, 9.17) is 10.5 Å². The van der Waals surface area contributed by atoms with Gasteiger partial charge in [0.15, 0.2) is 0 Å². The van der Waals surface area contributed by atoms with Crippen LogP contribution in [0.1, 0.15) is 31.9 Å². The largest absolute Gasteiger partial charge is 0.496 e. The van der Waals surface area contributed by atoms with Gasteiger partial charge in [0, 0.05) is 30.4 Å². The molecular weight excluding hydrogens is 250 g/mol. The van der Waals surface area contributed by atoms with Gasteiger partial charge < -0.3 is 20.3 Å². The summed E-state index contributed by atoms with van der Waals surface area (Å²) < 4.78 is 5.47. The molecule has 1 atom stereocenters. The molecular formula is C16H29N3O. The van der Waals surface area contributed by atoms with Gasteiger partial charge in [0.25, 0.3) is 0 Å². The van der Waals surface area contributed by atoms with Crippen molar-refractivity contribution < 1.29 is 4.74 Å². The van der Waals surface area contributed by atoms with Gasteiger partial charge in [-0.05, 0) is 53.0 Å². The summed E-state index contributed by atoms with van der Waals surface area (Å²) in [7, 11) is 5.91. The van der Waals surface area contributed by atoms with E-state index in [1.54, 1.807) is 7.11 Å². The summed E-state index contributed by atoms with van der Waals surface area (Å²) in [5.74, 6) is 0.878. The number of anilines is 1. The summed E-state index contributed by atoms with van der Waals surface area (Å²) in [5.41, 5.74) is 8.44. The van der Waals surface area contributed by atoms with Crippen LogP contribution in [0.5, 0.6) is 5.75 Å². The molecule has 1 unspecified atom stereocenters. The van der Waals surface area contributed by atoms with Gasteiger partial charge >= 0.3 is 0 Å². The molecule has 20 heavy (non-hydrogen) atoms. The maximum absolute atomic E-state index is 6.15. The third-order valence-electron chi connectivity index (χ3n) is 3.47. The van der Waals surface area contributed by atoms with Crippen LogP contribution in [-0.4, -0.2) is 45.7 Å². The second-order valence-electron chi connectivity index (χ2n) is 5.42. The van der Waals surface area contributed by atoms with Crippen molar-refractivity contribution in [3.05, 3.63) is 23.8 Å². The second-order valence-corrected chi connectivity index (χ2v) is 5.42. The molecule has 4 heteroatoms. The average Bonchev–Trinajstić information content (AvgIpc) is 2.42. The number of nitrogens with zero attached hydrogens (tertiary/aromatic N) is 2. The predicted octanol–water partition coefficient (Wildman–Crippen LogP) is 2.49. The molecule has 1 rings (SSSR count). The lowest BCUT2D eigenvalue weighted by Gasteiger charge is -2.28. The maximum atomic E-state index is 6.15. The summed E-state index contributed by atoms with van der Waals surface area (Å²) in [5, 5.41) is 0. The third-order valence-corrected chi connectivity index (χ3v) is 3.47. The van der Waals surface area contributed by atoms with E-state index in [9.17, 15) is 0 Å². The Morgan fingerprint density at radius 3 is 2.45 bits per heavy atom. The minimum atomic E-state index is -0.0379. The first-order valence-corrected chi connectivity index (χ1v) is 7.33. The highest BCUT2D eigenvalue weighted by Crippen LogP contribution is 2.33. The van der Waals surface area contributed by atoms with Crippen molar-refractivity contribution in [2.75, 3.05) is 45.7 Å². The fraction of sp³-hybridized carbons (Fsp3) is 0.625. The van der Waals surface area contributed by atoms with Gasteiger partial charge in [-0.1, -0.05) is 6.07 Å². The Labute approximate surface area is 123 Å². The van der Waals surface area contributed by atoms with E-state index in [1.807, 2.05) is 19.1 Å². The molecule has 0 saturated heterocycles. The molecule has 0 aliphatic carbocycles. The molecule has 0 fully saturated rings. The molecule has 1 aromatic carbocycles. The van der Waals surface area contributed by atoms with Crippen molar-refractivity contribution in [3.63, 3.8) is 0 Å². The van der Waals surface area contributed by atoms with E-state index in [-0.39, 0.29) is 6.04 Å². The summed E-state index contributed by atoms with van der Waals surface area (Å²) in [6, 6.07) is 6.12. The number of nitrogens with two attached hydrogens (primary N) is 1. The molecule has 0 aliphatic heterocycles. The quantitative estimate of drug-likeness (QED) is 0.794. The Bertz CT molecular complexity index is 405. The van der Waals surface area contributed by atoms with Gasteiger partial charge in [-0.2, -0.15) is 0 Å². The van der Waals surface area contributed by atoms with E-state index >= 15 is 0 Å². The number of ether oxygens (including phenoxy) is 1. The van der Waals surface area contributed by atoms with Crippen molar-refractivity contribution in [1.29, 1.82) is 0 Å². The van der Waals surface area contributed by atoms with Gasteiger partial charge in [0.1, 0.15) is 5.75 Å². The number of rotatable bonds is 8. The zero-order chi connectivity index (χ0) is 15.1. The van der Waals surface area contributed by atoms with Crippen molar-refractivity contribution in [2.45, 2.75) is 26.3 Å². The van der Waals surface area contributed by atoms with Crippen molar-refractivity contribution in [1.82, 2.24) is 4.90 Å². The molecule has 0 aromatic heterocycles. The topological polar surface area (TPSA) is 41.7 Å².